The number of hydrogen-bond donors (Lipinski definition) is 2. The molecule has 0 fully saturated rings. The van der Waals surface area contributed by atoms with Crippen LogP contribution in [0.3, 0.4) is 0 Å². The second-order valence-electron chi connectivity index (χ2n) is 5.21. The average Bonchev–Trinajstić information content (AvgIpc) is 2.49. The molecule has 2 aromatic rings. The maximum atomic E-state index is 12.1. The van der Waals surface area contributed by atoms with E-state index in [-0.39, 0.29) is 11.9 Å². The number of carbonyl (C=O) groups excluding carboxylic acids is 1. The molecule has 3 nitrogen and oxygen atoms in total. The summed E-state index contributed by atoms with van der Waals surface area (Å²) in [5, 5.41) is 3.55. The molecule has 4 heteroatoms. The van der Waals surface area contributed by atoms with E-state index in [1.165, 1.54) is 5.56 Å². The molecule has 2 atom stereocenters. The summed E-state index contributed by atoms with van der Waals surface area (Å²) in [6.07, 6.45) is 0. The Bertz CT molecular complexity index is 583. The number of nitrogens with one attached hydrogen (secondary N) is 2. The van der Waals surface area contributed by atoms with Crippen LogP contribution in [-0.4, -0.2) is 19.5 Å². The van der Waals surface area contributed by atoms with Crippen LogP contribution in [0, 0.1) is 0 Å². The van der Waals surface area contributed by atoms with Gasteiger partial charge in [0.25, 0.3) is 5.91 Å². The van der Waals surface area contributed by atoms with E-state index in [0.29, 0.717) is 11.6 Å². The predicted octanol–water partition coefficient (Wildman–Crippen LogP) is 2.55. The molecular formula is C17H20ClN2O+. The maximum Gasteiger partial charge on any atom is 0.279 e. The Labute approximate surface area is 130 Å². The molecule has 0 saturated heterocycles. The highest BCUT2D eigenvalue weighted by atomic mass is 35.5. The molecule has 1 unspecified atom stereocenters. The molecule has 0 radical (unpaired) electrons. The summed E-state index contributed by atoms with van der Waals surface area (Å²) in [5.74, 6) is -0.00222. The molecule has 0 aliphatic heterocycles. The van der Waals surface area contributed by atoms with Gasteiger partial charge in [0.1, 0.15) is 6.04 Å². The first-order valence-electron chi connectivity index (χ1n) is 6.99. The van der Waals surface area contributed by atoms with Crippen molar-refractivity contribution in [3.05, 3.63) is 65.2 Å². The second-order valence-corrected chi connectivity index (χ2v) is 5.65. The molecule has 2 N–H and O–H groups in total. The van der Waals surface area contributed by atoms with Crippen LogP contribution in [0.2, 0.25) is 5.02 Å². The zero-order valence-electron chi connectivity index (χ0n) is 12.3. The number of likely N-dealkylation sites (N-methyl/N-ethyl adjacent to an activating group) is 1. The van der Waals surface area contributed by atoms with Gasteiger partial charge in [-0.2, -0.15) is 0 Å². The van der Waals surface area contributed by atoms with Crippen LogP contribution >= 0.6 is 11.6 Å². The second kappa shape index (κ2) is 7.25. The third kappa shape index (κ3) is 4.59. The lowest BCUT2D eigenvalue weighted by Gasteiger charge is -2.21. The van der Waals surface area contributed by atoms with E-state index < -0.39 is 0 Å². The van der Waals surface area contributed by atoms with Crippen molar-refractivity contribution >= 4 is 23.2 Å². The number of hydrogen-bond acceptors (Lipinski definition) is 1. The minimum atomic E-state index is -0.00222. The quantitative estimate of drug-likeness (QED) is 0.874. The Morgan fingerprint density at radius 1 is 1.14 bits per heavy atom. The van der Waals surface area contributed by atoms with Gasteiger partial charge in [0.2, 0.25) is 0 Å². The molecule has 0 aliphatic carbocycles. The molecule has 110 valence electrons. The zero-order chi connectivity index (χ0) is 15.2. The summed E-state index contributed by atoms with van der Waals surface area (Å²) < 4.78 is 0. The molecule has 0 heterocycles. The van der Waals surface area contributed by atoms with E-state index in [0.717, 1.165) is 10.6 Å². The standard InChI is InChI=1S/C17H19ClN2O/c1-13(14-6-4-3-5-7-14)20(2)12-17(21)19-16-10-8-15(18)9-11-16/h3-11,13H,12H2,1-2H3,(H,19,21)/p+1/t13-/m0/s1. The van der Waals surface area contributed by atoms with E-state index in [4.69, 9.17) is 11.6 Å². The monoisotopic (exact) mass is 303 g/mol. The molecule has 2 aromatic carbocycles. The van der Waals surface area contributed by atoms with Crippen molar-refractivity contribution < 1.29 is 9.69 Å². The Morgan fingerprint density at radius 2 is 1.76 bits per heavy atom. The van der Waals surface area contributed by atoms with Crippen molar-refractivity contribution in [2.45, 2.75) is 13.0 Å². The third-order valence-corrected chi connectivity index (χ3v) is 3.86. The molecule has 0 bridgehead atoms. The highest BCUT2D eigenvalue weighted by Crippen LogP contribution is 2.13. The summed E-state index contributed by atoms with van der Waals surface area (Å²) in [4.78, 5) is 13.2. The van der Waals surface area contributed by atoms with Gasteiger partial charge in [-0.05, 0) is 31.2 Å². The van der Waals surface area contributed by atoms with Crippen LogP contribution in [0.25, 0.3) is 0 Å². The van der Waals surface area contributed by atoms with Crippen molar-refractivity contribution in [2.24, 2.45) is 0 Å². The molecular weight excluding hydrogens is 284 g/mol. The smallest absolute Gasteiger partial charge is 0.279 e. The van der Waals surface area contributed by atoms with Crippen LogP contribution in [-0.2, 0) is 4.79 Å². The Morgan fingerprint density at radius 3 is 2.38 bits per heavy atom. The first kappa shape index (κ1) is 15.5. The van der Waals surface area contributed by atoms with Crippen LogP contribution < -0.4 is 10.2 Å². The highest BCUT2D eigenvalue weighted by molar-refractivity contribution is 6.30. The van der Waals surface area contributed by atoms with Crippen molar-refractivity contribution in [3.63, 3.8) is 0 Å². The topological polar surface area (TPSA) is 33.5 Å². The summed E-state index contributed by atoms with van der Waals surface area (Å²) in [5.41, 5.74) is 2.00. The van der Waals surface area contributed by atoms with Gasteiger partial charge in [-0.25, -0.2) is 0 Å². The number of amides is 1. The van der Waals surface area contributed by atoms with Crippen LogP contribution in [0.1, 0.15) is 18.5 Å². The van der Waals surface area contributed by atoms with Gasteiger partial charge in [0.05, 0.1) is 7.05 Å². The molecule has 0 spiro atoms. The number of anilines is 1. The Balaban J connectivity index is 1.91. The number of halogens is 1. The average molecular weight is 304 g/mol. The molecule has 0 saturated carbocycles. The minimum absolute atomic E-state index is 0.00222. The SMILES string of the molecule is C[C@@H](c1ccccc1)[NH+](C)CC(=O)Nc1ccc(Cl)cc1. The molecule has 0 aromatic heterocycles. The lowest BCUT2D eigenvalue weighted by Crippen LogP contribution is -3.10. The van der Waals surface area contributed by atoms with Gasteiger partial charge in [0, 0.05) is 16.3 Å². The molecule has 2 rings (SSSR count). The van der Waals surface area contributed by atoms with Gasteiger partial charge in [-0.1, -0.05) is 41.9 Å². The Hall–Kier alpha value is -1.84. The van der Waals surface area contributed by atoms with Crippen molar-refractivity contribution in [3.8, 4) is 0 Å². The van der Waals surface area contributed by atoms with Crippen molar-refractivity contribution in [1.82, 2.24) is 0 Å². The zero-order valence-corrected chi connectivity index (χ0v) is 13.0. The van der Waals surface area contributed by atoms with Gasteiger partial charge in [-0.15, -0.1) is 0 Å². The number of benzene rings is 2. The minimum Gasteiger partial charge on any atom is -0.324 e. The first-order chi connectivity index (χ1) is 10.1. The normalized spacial score (nSPS) is 13.5. The molecule has 0 aliphatic rings. The Kier molecular flexibility index (Phi) is 5.37. The third-order valence-electron chi connectivity index (χ3n) is 3.61. The van der Waals surface area contributed by atoms with Gasteiger partial charge in [-0.3, -0.25) is 4.79 Å². The maximum absolute atomic E-state index is 12.1. The summed E-state index contributed by atoms with van der Waals surface area (Å²) >= 11 is 5.83. The summed E-state index contributed by atoms with van der Waals surface area (Å²) in [7, 11) is 2.03. The van der Waals surface area contributed by atoms with E-state index in [1.54, 1.807) is 24.3 Å². The van der Waals surface area contributed by atoms with E-state index in [2.05, 4.69) is 24.4 Å². The van der Waals surface area contributed by atoms with Crippen LogP contribution in [0.15, 0.2) is 54.6 Å². The van der Waals surface area contributed by atoms with Gasteiger partial charge in [0.15, 0.2) is 6.54 Å². The summed E-state index contributed by atoms with van der Waals surface area (Å²) in [6, 6.07) is 17.6. The fourth-order valence-corrected chi connectivity index (χ4v) is 2.30. The fraction of sp³-hybridized carbons (Fsp3) is 0.235. The highest BCUT2D eigenvalue weighted by Gasteiger charge is 2.18. The number of rotatable bonds is 5. The lowest BCUT2D eigenvalue weighted by atomic mass is 10.1. The first-order valence-corrected chi connectivity index (χ1v) is 7.36. The molecule has 1 amide bonds. The largest absolute Gasteiger partial charge is 0.324 e. The predicted molar refractivity (Wildman–Crippen MR) is 86.7 cm³/mol. The van der Waals surface area contributed by atoms with Crippen molar-refractivity contribution in [1.29, 1.82) is 0 Å². The van der Waals surface area contributed by atoms with Crippen molar-refractivity contribution in [2.75, 3.05) is 18.9 Å². The van der Waals surface area contributed by atoms with Gasteiger partial charge >= 0.3 is 0 Å². The van der Waals surface area contributed by atoms with Crippen LogP contribution in [0.4, 0.5) is 5.69 Å². The molecule has 21 heavy (non-hydrogen) atoms. The van der Waals surface area contributed by atoms with Crippen LogP contribution in [0.5, 0.6) is 0 Å². The fourth-order valence-electron chi connectivity index (χ4n) is 2.17. The number of quaternary nitrogens is 1. The van der Waals surface area contributed by atoms with Gasteiger partial charge < -0.3 is 10.2 Å². The summed E-state index contributed by atoms with van der Waals surface area (Å²) in [6.45, 7) is 2.54. The van der Waals surface area contributed by atoms with E-state index in [1.807, 2.05) is 25.2 Å². The number of carbonyl (C=O) groups is 1. The lowest BCUT2D eigenvalue weighted by molar-refractivity contribution is -0.902. The van der Waals surface area contributed by atoms with E-state index in [9.17, 15) is 4.79 Å². The van der Waals surface area contributed by atoms with E-state index >= 15 is 0 Å².